The molecule has 2 aliphatic heterocycles. The van der Waals surface area contributed by atoms with Gasteiger partial charge in [-0.2, -0.15) is 0 Å². The molecule has 0 unspecified atom stereocenters. The van der Waals surface area contributed by atoms with E-state index in [-0.39, 0.29) is 15.8 Å². The Hall–Kier alpha value is -0.700. The van der Waals surface area contributed by atoms with Crippen LogP contribution in [0.5, 0.6) is 0 Å². The Morgan fingerprint density at radius 3 is 1.18 bits per heavy atom. The minimum absolute atomic E-state index is 0.265. The fraction of sp³-hybridized carbons (Fsp3) is 0.400. The maximum atomic E-state index is 2.34. The maximum absolute atomic E-state index is 2.34. The third-order valence-electron chi connectivity index (χ3n) is 5.01. The summed E-state index contributed by atoms with van der Waals surface area (Å²) in [6.45, 7) is 0. The zero-order valence-corrected chi connectivity index (χ0v) is 15.0. The Balaban J connectivity index is 1.19. The smallest absolute Gasteiger partial charge is 0.00672 e. The first-order chi connectivity index (χ1) is 10.9. The average Bonchev–Trinajstić information content (AvgIpc) is 3.14. The number of unbranched alkanes of at least 4 members (excludes halogenated alkanes) is 1. The number of hydrogen-bond donors (Lipinski definition) is 0. The van der Waals surface area contributed by atoms with Gasteiger partial charge in [0.2, 0.25) is 0 Å². The molecule has 2 aromatic rings. The lowest BCUT2D eigenvalue weighted by Crippen LogP contribution is -1.89. The van der Waals surface area contributed by atoms with Gasteiger partial charge in [-0.05, 0) is 72.1 Å². The van der Waals surface area contributed by atoms with Crippen molar-refractivity contribution in [1.29, 1.82) is 0 Å². The lowest BCUT2D eigenvalue weighted by molar-refractivity contribution is 0.893. The Labute approximate surface area is 136 Å². The number of benzene rings is 2. The molecule has 114 valence electrons. The van der Waals surface area contributed by atoms with E-state index in [0.717, 1.165) is 0 Å². The Kier molecular flexibility index (Phi) is 4.61. The molecule has 0 spiro atoms. The number of fused-ring (bicyclic) bond motifs is 2. The summed E-state index contributed by atoms with van der Waals surface area (Å²) in [5, 5.41) is 0. The van der Waals surface area contributed by atoms with Crippen molar-refractivity contribution in [2.45, 2.75) is 37.5 Å². The highest BCUT2D eigenvalue weighted by molar-refractivity contribution is 7.56. The predicted molar refractivity (Wildman–Crippen MR) is 101 cm³/mol. The van der Waals surface area contributed by atoms with Crippen molar-refractivity contribution in [3.05, 3.63) is 70.8 Å². The first-order valence-corrected chi connectivity index (χ1v) is 12.3. The van der Waals surface area contributed by atoms with Gasteiger partial charge in [-0.3, -0.25) is 0 Å². The highest BCUT2D eigenvalue weighted by Gasteiger charge is 2.21. The summed E-state index contributed by atoms with van der Waals surface area (Å²) in [5.41, 5.74) is 6.57. The normalized spacial score (nSPS) is 17.6. The first kappa shape index (κ1) is 14.9. The minimum Gasteiger partial charge on any atom is -0.0977 e. The van der Waals surface area contributed by atoms with Crippen LogP contribution in [0, 0.1) is 0 Å². The molecule has 2 aliphatic rings. The highest BCUT2D eigenvalue weighted by atomic mass is 31.1. The minimum atomic E-state index is 0.265. The summed E-state index contributed by atoms with van der Waals surface area (Å²) in [7, 11) is 0.530. The molecule has 2 aromatic carbocycles. The summed E-state index contributed by atoms with van der Waals surface area (Å²) < 4.78 is 0. The zero-order chi connectivity index (χ0) is 14.8. The van der Waals surface area contributed by atoms with Gasteiger partial charge in [0.15, 0.2) is 0 Å². The van der Waals surface area contributed by atoms with E-state index in [1.165, 1.54) is 49.8 Å². The van der Waals surface area contributed by atoms with Crippen molar-refractivity contribution < 1.29 is 0 Å². The quantitative estimate of drug-likeness (QED) is 0.456. The molecule has 4 rings (SSSR count). The van der Waals surface area contributed by atoms with Gasteiger partial charge in [0, 0.05) is 0 Å². The molecule has 0 bridgehead atoms. The Bertz CT molecular complexity index is 542. The second-order valence-electron chi connectivity index (χ2n) is 6.67. The summed E-state index contributed by atoms with van der Waals surface area (Å²) in [4.78, 5) is 0. The van der Waals surface area contributed by atoms with Crippen molar-refractivity contribution in [2.75, 3.05) is 12.3 Å². The Morgan fingerprint density at radius 2 is 0.864 bits per heavy atom. The van der Waals surface area contributed by atoms with Crippen LogP contribution in [0.4, 0.5) is 0 Å². The molecule has 0 N–H and O–H groups in total. The van der Waals surface area contributed by atoms with Crippen LogP contribution in [0.25, 0.3) is 0 Å². The van der Waals surface area contributed by atoms with Crippen molar-refractivity contribution in [3.63, 3.8) is 0 Å². The monoisotopic (exact) mass is 326 g/mol. The lowest BCUT2D eigenvalue weighted by Gasteiger charge is -2.12. The van der Waals surface area contributed by atoms with Crippen molar-refractivity contribution in [1.82, 2.24) is 0 Å². The van der Waals surface area contributed by atoms with Crippen LogP contribution in [-0.4, -0.2) is 12.3 Å². The van der Waals surface area contributed by atoms with Gasteiger partial charge in [0.1, 0.15) is 0 Å². The van der Waals surface area contributed by atoms with Gasteiger partial charge in [0.05, 0.1) is 0 Å². The molecular weight excluding hydrogens is 302 g/mol. The molecular formula is C20H24P2. The molecule has 0 aromatic heterocycles. The number of hydrogen-bond acceptors (Lipinski definition) is 0. The maximum Gasteiger partial charge on any atom is -0.00672 e. The van der Waals surface area contributed by atoms with Crippen LogP contribution in [0.2, 0.25) is 0 Å². The molecule has 2 heteroatoms. The van der Waals surface area contributed by atoms with Gasteiger partial charge in [-0.1, -0.05) is 64.4 Å². The van der Waals surface area contributed by atoms with Gasteiger partial charge in [-0.15, -0.1) is 0 Å². The van der Waals surface area contributed by atoms with E-state index in [0.29, 0.717) is 0 Å². The van der Waals surface area contributed by atoms with Crippen LogP contribution in [0.1, 0.15) is 35.1 Å². The van der Waals surface area contributed by atoms with Crippen molar-refractivity contribution in [2.24, 2.45) is 0 Å². The topological polar surface area (TPSA) is 0 Å². The van der Waals surface area contributed by atoms with E-state index in [4.69, 9.17) is 0 Å². The molecule has 0 nitrogen and oxygen atoms in total. The second kappa shape index (κ2) is 6.82. The summed E-state index contributed by atoms with van der Waals surface area (Å²) >= 11 is 0. The second-order valence-corrected chi connectivity index (χ2v) is 11.5. The molecule has 22 heavy (non-hydrogen) atoms. The fourth-order valence-electron chi connectivity index (χ4n) is 3.79. The summed E-state index contributed by atoms with van der Waals surface area (Å²) in [5.74, 6) is 0. The van der Waals surface area contributed by atoms with Crippen LogP contribution < -0.4 is 0 Å². The number of rotatable bonds is 5. The highest BCUT2D eigenvalue weighted by Crippen LogP contribution is 2.53. The van der Waals surface area contributed by atoms with Crippen LogP contribution in [0.3, 0.4) is 0 Å². The molecule has 0 amide bonds. The van der Waals surface area contributed by atoms with Gasteiger partial charge in [-0.25, -0.2) is 0 Å². The third-order valence-corrected chi connectivity index (χ3v) is 10.1. The Morgan fingerprint density at radius 1 is 0.545 bits per heavy atom. The van der Waals surface area contributed by atoms with E-state index in [1.54, 1.807) is 22.3 Å². The standard InChI is InChI=1S/C20H24P2/c1-2-8-18-14-21(13-17(18)7-1)11-5-6-12-22-15-19-9-3-4-10-20(19)16-22/h1-4,7-10H,5-6,11-16H2. The van der Waals surface area contributed by atoms with Crippen LogP contribution >= 0.6 is 15.8 Å². The van der Waals surface area contributed by atoms with E-state index >= 15 is 0 Å². The molecule has 0 aliphatic carbocycles. The van der Waals surface area contributed by atoms with E-state index < -0.39 is 0 Å². The predicted octanol–water partition coefficient (Wildman–Crippen LogP) is 6.16. The zero-order valence-electron chi connectivity index (χ0n) is 13.2. The molecule has 0 fully saturated rings. The van der Waals surface area contributed by atoms with E-state index in [1.807, 2.05) is 0 Å². The van der Waals surface area contributed by atoms with Crippen molar-refractivity contribution >= 4 is 15.8 Å². The molecule has 2 heterocycles. The molecule has 0 saturated carbocycles. The third kappa shape index (κ3) is 3.29. The van der Waals surface area contributed by atoms with Gasteiger partial charge < -0.3 is 0 Å². The van der Waals surface area contributed by atoms with E-state index in [2.05, 4.69) is 48.5 Å². The summed E-state index contributed by atoms with van der Waals surface area (Å²) in [6, 6.07) is 18.2. The molecule has 0 saturated heterocycles. The molecule has 0 atom stereocenters. The average molecular weight is 326 g/mol. The van der Waals surface area contributed by atoms with Gasteiger partial charge >= 0.3 is 0 Å². The van der Waals surface area contributed by atoms with Gasteiger partial charge in [0.25, 0.3) is 0 Å². The molecule has 0 radical (unpaired) electrons. The summed E-state index contributed by atoms with van der Waals surface area (Å²) in [6.07, 6.45) is 11.5. The van der Waals surface area contributed by atoms with Crippen molar-refractivity contribution in [3.8, 4) is 0 Å². The lowest BCUT2D eigenvalue weighted by atomic mass is 10.1. The first-order valence-electron chi connectivity index (χ1n) is 8.47. The SMILES string of the molecule is c1ccc2c(c1)CP(CCCCP1Cc3ccccc3C1)C2. The largest absolute Gasteiger partial charge is 0.0977 e. The van der Waals surface area contributed by atoms with Crippen LogP contribution in [0.15, 0.2) is 48.5 Å². The fourth-order valence-corrected chi connectivity index (χ4v) is 9.15. The van der Waals surface area contributed by atoms with E-state index in [9.17, 15) is 0 Å². The van der Waals surface area contributed by atoms with Crippen LogP contribution in [-0.2, 0) is 24.6 Å².